The summed E-state index contributed by atoms with van der Waals surface area (Å²) in [7, 11) is 1.40. The number of amides is 1. The molecule has 1 saturated heterocycles. The van der Waals surface area contributed by atoms with Crippen LogP contribution in [-0.4, -0.2) is 41.5 Å². The van der Waals surface area contributed by atoms with Crippen molar-refractivity contribution in [2.24, 2.45) is 5.92 Å². The molecule has 0 unspecified atom stereocenters. The molecule has 3 rings (SSSR count). The van der Waals surface area contributed by atoms with Crippen molar-refractivity contribution in [1.82, 2.24) is 9.88 Å². The van der Waals surface area contributed by atoms with Gasteiger partial charge in [-0.1, -0.05) is 0 Å². The number of piperidine rings is 1. The molecule has 2 atom stereocenters. The van der Waals surface area contributed by atoms with E-state index in [0.717, 1.165) is 36.9 Å². The summed E-state index contributed by atoms with van der Waals surface area (Å²) in [5.41, 5.74) is 2.71. The molecular weight excluding hydrogens is 268 g/mol. The Morgan fingerprint density at radius 2 is 2.19 bits per heavy atom. The number of carbonyl (C=O) groups excluding carboxylic acids is 2. The van der Waals surface area contributed by atoms with Crippen LogP contribution < -0.4 is 0 Å². The molecule has 3 heterocycles. The molecule has 21 heavy (non-hydrogen) atoms. The first kappa shape index (κ1) is 14.0. The van der Waals surface area contributed by atoms with Crippen molar-refractivity contribution in [2.45, 2.75) is 38.6 Å². The number of carbonyl (C=O) groups is 2. The lowest BCUT2D eigenvalue weighted by Crippen LogP contribution is -2.48. The highest BCUT2D eigenvalue weighted by atomic mass is 16.5. The largest absolute Gasteiger partial charge is 0.469 e. The van der Waals surface area contributed by atoms with Crippen molar-refractivity contribution < 1.29 is 14.3 Å². The number of esters is 1. The fourth-order valence-electron chi connectivity index (χ4n) is 3.43. The standard InChI is InChI=1S/C16H20N2O3/c1-10-7-11-3-5-13-6-4-12(16(20)21-2)9-18(13)15(19)14(11)8-17-10/h7-8,12-13H,3-6,9H2,1-2H3/t12-,13+/m0/s1. The molecule has 1 amide bonds. The molecule has 112 valence electrons. The molecule has 1 aromatic heterocycles. The Hall–Kier alpha value is -1.91. The molecule has 0 radical (unpaired) electrons. The van der Waals surface area contributed by atoms with Crippen molar-refractivity contribution in [3.05, 3.63) is 29.1 Å². The van der Waals surface area contributed by atoms with Crippen molar-refractivity contribution >= 4 is 11.9 Å². The molecule has 0 aromatic carbocycles. The van der Waals surface area contributed by atoms with Crippen LogP contribution in [0.3, 0.4) is 0 Å². The Morgan fingerprint density at radius 3 is 2.95 bits per heavy atom. The number of hydrogen-bond acceptors (Lipinski definition) is 4. The average Bonchev–Trinajstić information content (AvgIpc) is 2.63. The van der Waals surface area contributed by atoms with E-state index < -0.39 is 0 Å². The first-order valence-electron chi connectivity index (χ1n) is 7.44. The van der Waals surface area contributed by atoms with Gasteiger partial charge in [0.25, 0.3) is 5.91 Å². The topological polar surface area (TPSA) is 59.5 Å². The minimum absolute atomic E-state index is 0.00797. The predicted octanol–water partition coefficient (Wildman–Crippen LogP) is 1.73. The summed E-state index contributed by atoms with van der Waals surface area (Å²) < 4.78 is 4.83. The number of ether oxygens (including phenoxy) is 1. The Balaban J connectivity index is 1.89. The van der Waals surface area contributed by atoms with Gasteiger partial charge in [0.2, 0.25) is 0 Å². The molecule has 5 nitrogen and oxygen atoms in total. The van der Waals surface area contributed by atoms with E-state index in [4.69, 9.17) is 4.74 Å². The summed E-state index contributed by atoms with van der Waals surface area (Å²) in [6.45, 7) is 2.40. The molecular formula is C16H20N2O3. The highest BCUT2D eigenvalue weighted by Crippen LogP contribution is 2.31. The van der Waals surface area contributed by atoms with Crippen LogP contribution in [-0.2, 0) is 16.0 Å². The van der Waals surface area contributed by atoms with Gasteiger partial charge in [-0.15, -0.1) is 0 Å². The zero-order valence-corrected chi connectivity index (χ0v) is 12.5. The normalized spacial score (nSPS) is 24.9. The third-order valence-corrected chi connectivity index (χ3v) is 4.61. The number of aromatic nitrogens is 1. The van der Waals surface area contributed by atoms with E-state index in [1.807, 2.05) is 17.9 Å². The van der Waals surface area contributed by atoms with Gasteiger partial charge in [-0.05, 0) is 44.2 Å². The maximum Gasteiger partial charge on any atom is 0.310 e. The summed E-state index contributed by atoms with van der Waals surface area (Å²) in [6.07, 6.45) is 5.20. The minimum atomic E-state index is -0.215. The van der Waals surface area contributed by atoms with Crippen LogP contribution in [0.1, 0.15) is 40.9 Å². The Kier molecular flexibility index (Phi) is 3.66. The quantitative estimate of drug-likeness (QED) is 0.738. The SMILES string of the molecule is COC(=O)[C@H]1CC[C@H]2CCc3cc(C)ncc3C(=O)N2C1. The van der Waals surface area contributed by atoms with Crippen LogP contribution in [0.2, 0.25) is 0 Å². The van der Waals surface area contributed by atoms with Crippen LogP contribution >= 0.6 is 0 Å². The van der Waals surface area contributed by atoms with Gasteiger partial charge in [-0.25, -0.2) is 0 Å². The molecule has 0 N–H and O–H groups in total. The van der Waals surface area contributed by atoms with Gasteiger partial charge in [0, 0.05) is 24.5 Å². The number of fused-ring (bicyclic) bond motifs is 2. The molecule has 2 aliphatic rings. The number of rotatable bonds is 1. The Morgan fingerprint density at radius 1 is 1.38 bits per heavy atom. The van der Waals surface area contributed by atoms with E-state index in [0.29, 0.717) is 12.1 Å². The maximum absolute atomic E-state index is 12.8. The fourth-order valence-corrected chi connectivity index (χ4v) is 3.43. The van der Waals surface area contributed by atoms with Gasteiger partial charge in [0.1, 0.15) is 0 Å². The average molecular weight is 288 g/mol. The maximum atomic E-state index is 12.8. The molecule has 1 fully saturated rings. The number of methoxy groups -OCH3 is 1. The molecule has 5 heteroatoms. The smallest absolute Gasteiger partial charge is 0.310 e. The third kappa shape index (κ3) is 2.52. The van der Waals surface area contributed by atoms with Gasteiger partial charge >= 0.3 is 5.97 Å². The summed E-state index contributed by atoms with van der Waals surface area (Å²) in [5, 5.41) is 0. The molecule has 0 bridgehead atoms. The third-order valence-electron chi connectivity index (χ3n) is 4.61. The van der Waals surface area contributed by atoms with Crippen LogP contribution in [0.4, 0.5) is 0 Å². The van der Waals surface area contributed by atoms with Crippen molar-refractivity contribution in [1.29, 1.82) is 0 Å². The van der Waals surface area contributed by atoms with Gasteiger partial charge in [0.15, 0.2) is 0 Å². The zero-order chi connectivity index (χ0) is 15.0. The second-order valence-electron chi connectivity index (χ2n) is 5.93. The van der Waals surface area contributed by atoms with Gasteiger partial charge in [-0.3, -0.25) is 14.6 Å². The fraction of sp³-hybridized carbons (Fsp3) is 0.562. The Labute approximate surface area is 124 Å². The molecule has 0 spiro atoms. The zero-order valence-electron chi connectivity index (χ0n) is 12.5. The molecule has 1 aromatic rings. The van der Waals surface area contributed by atoms with Crippen LogP contribution in [0.25, 0.3) is 0 Å². The van der Waals surface area contributed by atoms with E-state index in [-0.39, 0.29) is 23.8 Å². The highest BCUT2D eigenvalue weighted by molar-refractivity contribution is 5.96. The van der Waals surface area contributed by atoms with Crippen LogP contribution in [0, 0.1) is 12.8 Å². The number of aryl methyl sites for hydroxylation is 2. The van der Waals surface area contributed by atoms with E-state index >= 15 is 0 Å². The number of pyridine rings is 1. The van der Waals surface area contributed by atoms with Gasteiger partial charge in [0.05, 0.1) is 18.6 Å². The Bertz CT molecular complexity index is 585. The van der Waals surface area contributed by atoms with Gasteiger partial charge < -0.3 is 9.64 Å². The summed E-state index contributed by atoms with van der Waals surface area (Å²) in [6, 6.07) is 2.23. The van der Waals surface area contributed by atoms with Crippen molar-refractivity contribution in [3.63, 3.8) is 0 Å². The summed E-state index contributed by atoms with van der Waals surface area (Å²) in [4.78, 5) is 30.6. The second-order valence-corrected chi connectivity index (χ2v) is 5.93. The molecule has 0 aliphatic carbocycles. The van der Waals surface area contributed by atoms with Crippen molar-refractivity contribution in [3.8, 4) is 0 Å². The van der Waals surface area contributed by atoms with Crippen LogP contribution in [0.5, 0.6) is 0 Å². The summed E-state index contributed by atoms with van der Waals surface area (Å²) in [5.74, 6) is -0.406. The lowest BCUT2D eigenvalue weighted by Gasteiger charge is -2.37. The highest BCUT2D eigenvalue weighted by Gasteiger charge is 2.37. The summed E-state index contributed by atoms with van der Waals surface area (Å²) >= 11 is 0. The number of nitrogens with zero attached hydrogens (tertiary/aromatic N) is 2. The van der Waals surface area contributed by atoms with Gasteiger partial charge in [-0.2, -0.15) is 0 Å². The first-order chi connectivity index (χ1) is 10.1. The van der Waals surface area contributed by atoms with Crippen molar-refractivity contribution in [2.75, 3.05) is 13.7 Å². The molecule has 0 saturated carbocycles. The van der Waals surface area contributed by atoms with E-state index in [9.17, 15) is 9.59 Å². The van der Waals surface area contributed by atoms with Crippen LogP contribution in [0.15, 0.2) is 12.3 Å². The lowest BCUT2D eigenvalue weighted by atomic mass is 9.91. The number of hydrogen-bond donors (Lipinski definition) is 0. The lowest BCUT2D eigenvalue weighted by molar-refractivity contribution is -0.147. The minimum Gasteiger partial charge on any atom is -0.469 e. The van der Waals surface area contributed by atoms with E-state index in [1.54, 1.807) is 6.20 Å². The monoisotopic (exact) mass is 288 g/mol. The van der Waals surface area contributed by atoms with E-state index in [1.165, 1.54) is 7.11 Å². The molecule has 2 aliphatic heterocycles. The van der Waals surface area contributed by atoms with E-state index in [2.05, 4.69) is 4.98 Å². The second kappa shape index (κ2) is 5.47. The predicted molar refractivity (Wildman–Crippen MR) is 76.9 cm³/mol. The first-order valence-corrected chi connectivity index (χ1v) is 7.44.